The van der Waals surface area contributed by atoms with Gasteiger partial charge in [-0.05, 0) is 63.1 Å². The Bertz CT molecular complexity index is 2900. The van der Waals surface area contributed by atoms with E-state index in [2.05, 4.69) is 43.9 Å². The summed E-state index contributed by atoms with van der Waals surface area (Å²) >= 11 is 3.41. The fourth-order valence-electron chi connectivity index (χ4n) is 10.0. The minimum atomic E-state index is -2.80. The summed E-state index contributed by atoms with van der Waals surface area (Å²) in [6.45, 7) is 7.90. The molecule has 2 aliphatic heterocycles. The molecule has 364 valence electrons. The number of carbonyl (C=O) groups is 4. The maximum absolute atomic E-state index is 14.5. The Labute approximate surface area is 404 Å². The van der Waals surface area contributed by atoms with Crippen molar-refractivity contribution in [2.75, 3.05) is 40.4 Å². The van der Waals surface area contributed by atoms with Gasteiger partial charge >= 0.3 is 11.9 Å². The lowest BCUT2D eigenvalue weighted by atomic mass is 9.87. The van der Waals surface area contributed by atoms with Crippen molar-refractivity contribution < 1.29 is 56.4 Å². The van der Waals surface area contributed by atoms with Crippen molar-refractivity contribution in [3.05, 3.63) is 92.5 Å². The van der Waals surface area contributed by atoms with Crippen molar-refractivity contribution in [1.29, 1.82) is 0 Å². The topological polar surface area (TPSA) is 169 Å². The number of hydrogen-bond donors (Lipinski definition) is 2. The van der Waals surface area contributed by atoms with Crippen LogP contribution in [0, 0.1) is 46.9 Å². The molecule has 6 aliphatic rings. The van der Waals surface area contributed by atoms with Crippen molar-refractivity contribution in [2.24, 2.45) is 22.7 Å². The molecule has 2 saturated carbocycles. The highest BCUT2D eigenvalue weighted by molar-refractivity contribution is 9.10. The largest absolute Gasteiger partial charge is 0.461 e. The van der Waals surface area contributed by atoms with Gasteiger partial charge in [0.1, 0.15) is 0 Å². The molecular formula is C50H51BrF4N6O8. The number of terminal acetylenes is 1. The maximum Gasteiger partial charge on any atom is 0.359 e. The van der Waals surface area contributed by atoms with E-state index in [-0.39, 0.29) is 62.6 Å². The fourth-order valence-corrected chi connectivity index (χ4v) is 10.4. The zero-order chi connectivity index (χ0) is 50.2. The first-order chi connectivity index (χ1) is 32.4. The maximum atomic E-state index is 14.5. The number of esters is 2. The summed E-state index contributed by atoms with van der Waals surface area (Å²) in [6, 6.07) is 14.3. The van der Waals surface area contributed by atoms with Crippen LogP contribution in [0.15, 0.2) is 53.0 Å². The van der Waals surface area contributed by atoms with Crippen LogP contribution < -0.4 is 0 Å². The van der Waals surface area contributed by atoms with E-state index >= 15 is 0 Å². The average Bonchev–Trinajstić information content (AvgIpc) is 3.65. The summed E-state index contributed by atoms with van der Waals surface area (Å²) in [4.78, 5) is 50.9. The van der Waals surface area contributed by atoms with Gasteiger partial charge in [0.15, 0.2) is 11.4 Å². The number of amides is 2. The third-order valence-corrected chi connectivity index (χ3v) is 15.1. The van der Waals surface area contributed by atoms with Crippen LogP contribution in [0.4, 0.5) is 17.6 Å². The molecule has 0 bridgehead atoms. The Balaban J connectivity index is 0.000000160. The lowest BCUT2D eigenvalue weighted by Crippen LogP contribution is -2.37. The van der Waals surface area contributed by atoms with Crippen LogP contribution in [-0.4, -0.2) is 127 Å². The number of fused-ring (bicyclic) bond motifs is 4. The van der Waals surface area contributed by atoms with E-state index in [0.717, 1.165) is 10.2 Å². The number of aromatic nitrogens is 4. The van der Waals surface area contributed by atoms with E-state index in [1.807, 2.05) is 24.3 Å². The number of nitrogens with zero attached hydrogens (tertiary/aromatic N) is 6. The molecule has 10 rings (SSSR count). The summed E-state index contributed by atoms with van der Waals surface area (Å²) in [7, 11) is 3.23. The number of hydrogen-bond acceptors (Lipinski definition) is 10. The molecule has 0 radical (unpaired) electrons. The standard InChI is InChI=1S/C25H25F2N3O4.C18H17BrF2N2O2.C7H9NO2/c1-4-34-21(31)20-17-13-19-23(2,25(19,26)27)14-18(17)30(28-20)16-7-5-6-15(12-16)8-9-24(33)10-11-29(3)22(24)32;1-3-25-16(24)15-12-8-14-17(2,18(14,20)21)9-13(12)23(22-15)11-6-4-5-10(19)7-11;1-3-7(10)4-5-8(2)6(7)9/h5-7,12,19,33H,4,10-11,13-14H2,1-3H3;4-7,14H,3,8-9H2,1-2H3;1,10H,4-5H2,2H3/t19?,23?,24-;;7-/m0.0/s1. The second kappa shape index (κ2) is 17.4. The zero-order valence-corrected chi connectivity index (χ0v) is 40.4. The predicted octanol–water partition coefficient (Wildman–Crippen LogP) is 5.76. The number of halogens is 5. The SMILES string of the molecule is C#C[C@]1(O)CCN(C)C1=O.CCOC(=O)c1nn(-c2cccc(Br)c2)c2c1CC1C(F)(F)C1(C)C2.CCOC(=O)c1nn(-c2cccc(C#C[C@]3(O)CCN(C)C3=O)c2)c2c1CC1C(F)(F)C1(C)C2. The molecule has 4 fully saturated rings. The Morgan fingerprint density at radius 1 is 0.768 bits per heavy atom. The van der Waals surface area contributed by atoms with Crippen molar-refractivity contribution in [2.45, 2.75) is 89.3 Å². The molecule has 4 unspecified atom stereocenters. The first-order valence-electron chi connectivity index (χ1n) is 22.6. The van der Waals surface area contributed by atoms with E-state index in [4.69, 9.17) is 15.9 Å². The number of benzene rings is 2. The van der Waals surface area contributed by atoms with E-state index in [1.165, 1.54) is 14.5 Å². The Kier molecular flexibility index (Phi) is 12.5. The smallest absolute Gasteiger partial charge is 0.359 e. The summed E-state index contributed by atoms with van der Waals surface area (Å²) in [5.41, 5.74) is -1.12. The van der Waals surface area contributed by atoms with Crippen molar-refractivity contribution in [3.63, 3.8) is 0 Å². The number of likely N-dealkylation sites (N-methyl/N-ethyl adjacent to an activating group) is 2. The second-order valence-corrected chi connectivity index (χ2v) is 19.8. The minimum Gasteiger partial charge on any atom is -0.461 e. The predicted molar refractivity (Wildman–Crippen MR) is 245 cm³/mol. The molecule has 19 heteroatoms. The molecule has 14 nitrogen and oxygen atoms in total. The van der Waals surface area contributed by atoms with Crippen LogP contribution >= 0.6 is 15.9 Å². The summed E-state index contributed by atoms with van der Waals surface area (Å²) < 4.78 is 71.8. The lowest BCUT2D eigenvalue weighted by Gasteiger charge is -2.18. The average molecular weight is 1020 g/mol. The molecule has 2 N–H and O–H groups in total. The number of alkyl halides is 4. The van der Waals surface area contributed by atoms with Crippen LogP contribution in [0.2, 0.25) is 0 Å². The third kappa shape index (κ3) is 8.19. The Hall–Kier alpha value is -6.02. The van der Waals surface area contributed by atoms with Gasteiger partial charge in [0.05, 0.1) is 24.6 Å². The number of rotatable bonds is 6. The number of likely N-dealkylation sites (tertiary alicyclic amines) is 2. The number of aliphatic hydroxyl groups is 2. The molecule has 6 atom stereocenters. The van der Waals surface area contributed by atoms with Crippen molar-refractivity contribution in [1.82, 2.24) is 29.4 Å². The van der Waals surface area contributed by atoms with Crippen LogP contribution in [-0.2, 0) is 44.7 Å². The van der Waals surface area contributed by atoms with Gasteiger partial charge in [-0.1, -0.05) is 59.7 Å². The van der Waals surface area contributed by atoms with E-state index in [1.54, 1.807) is 70.7 Å². The highest BCUT2D eigenvalue weighted by Crippen LogP contribution is 2.71. The molecule has 2 aromatic heterocycles. The van der Waals surface area contributed by atoms with Gasteiger partial charge in [-0.15, -0.1) is 6.42 Å². The lowest BCUT2D eigenvalue weighted by molar-refractivity contribution is -0.138. The van der Waals surface area contributed by atoms with Crippen LogP contribution in [0.25, 0.3) is 11.4 Å². The number of ether oxygens (including phenoxy) is 2. The van der Waals surface area contributed by atoms with Gasteiger partial charge in [-0.2, -0.15) is 10.2 Å². The highest BCUT2D eigenvalue weighted by Gasteiger charge is 2.79. The number of carbonyl (C=O) groups excluding carboxylic acids is 4. The monoisotopic (exact) mass is 1020 g/mol. The minimum absolute atomic E-state index is 0.0620. The summed E-state index contributed by atoms with van der Waals surface area (Å²) in [5, 5.41) is 28.8. The second-order valence-electron chi connectivity index (χ2n) is 18.9. The van der Waals surface area contributed by atoms with Crippen LogP contribution in [0.5, 0.6) is 0 Å². The van der Waals surface area contributed by atoms with Crippen molar-refractivity contribution >= 4 is 39.7 Å². The van der Waals surface area contributed by atoms with Gasteiger partial charge in [0, 0.05) is 108 Å². The first-order valence-corrected chi connectivity index (χ1v) is 23.3. The molecule has 4 aromatic rings. The van der Waals surface area contributed by atoms with Gasteiger partial charge in [-0.3, -0.25) is 9.59 Å². The quantitative estimate of drug-likeness (QED) is 0.138. The van der Waals surface area contributed by atoms with Gasteiger partial charge in [0.2, 0.25) is 11.2 Å². The Morgan fingerprint density at radius 2 is 1.22 bits per heavy atom. The molecule has 0 spiro atoms. The normalized spacial score (nSPS) is 28.2. The third-order valence-electron chi connectivity index (χ3n) is 14.6. The van der Waals surface area contributed by atoms with E-state index in [0.29, 0.717) is 53.3 Å². The molecule has 2 saturated heterocycles. The van der Waals surface area contributed by atoms with Gasteiger partial charge in [-0.25, -0.2) is 36.5 Å². The molecule has 4 aliphatic carbocycles. The molecule has 4 heterocycles. The Morgan fingerprint density at radius 3 is 1.62 bits per heavy atom. The van der Waals surface area contributed by atoms with Crippen LogP contribution in [0.3, 0.4) is 0 Å². The molecule has 69 heavy (non-hydrogen) atoms. The molecule has 2 aromatic carbocycles. The van der Waals surface area contributed by atoms with Gasteiger partial charge < -0.3 is 29.5 Å². The van der Waals surface area contributed by atoms with Gasteiger partial charge in [0.25, 0.3) is 23.7 Å². The van der Waals surface area contributed by atoms with E-state index < -0.39 is 63.6 Å². The highest BCUT2D eigenvalue weighted by atomic mass is 79.9. The van der Waals surface area contributed by atoms with E-state index in [9.17, 15) is 47.0 Å². The molecule has 2 amide bonds. The first kappa shape index (κ1) is 49.4. The molecular weight excluding hydrogens is 968 g/mol. The van der Waals surface area contributed by atoms with Crippen LogP contribution in [0.1, 0.15) is 89.6 Å². The zero-order valence-electron chi connectivity index (χ0n) is 38.8. The fraction of sp³-hybridized carbons (Fsp3) is 0.480. The van der Waals surface area contributed by atoms with Crippen molar-refractivity contribution in [3.8, 4) is 35.6 Å². The summed E-state index contributed by atoms with van der Waals surface area (Å²) in [5.74, 6) is -1.44. The summed E-state index contributed by atoms with van der Waals surface area (Å²) in [6.07, 6.45) is 6.04.